The van der Waals surface area contributed by atoms with Gasteiger partial charge in [-0.15, -0.1) is 0 Å². The van der Waals surface area contributed by atoms with E-state index in [1.165, 1.54) is 0 Å². The summed E-state index contributed by atoms with van der Waals surface area (Å²) < 4.78 is 63.0. The van der Waals surface area contributed by atoms with Gasteiger partial charge in [-0.25, -0.2) is 14.2 Å². The Balaban J connectivity index is 3.09. The first kappa shape index (κ1) is 13.9. The molecule has 0 fully saturated rings. The molecule has 0 aromatic heterocycles. The van der Waals surface area contributed by atoms with Crippen LogP contribution in [0.4, 0.5) is 22.0 Å². The summed E-state index contributed by atoms with van der Waals surface area (Å²) in [7, 11) is 0. The lowest BCUT2D eigenvalue weighted by Gasteiger charge is -2.09. The van der Waals surface area contributed by atoms with E-state index < -0.39 is 34.9 Å². The molecule has 4 N–H and O–H groups in total. The standard InChI is InChI=1S/C9H7F5N4/c10-6-4(3-17-18-8(15)16)1-2-5(7(6)11)9(12,13)14/h1-3H,(H4,15,16,18). The average molecular weight is 266 g/mol. The summed E-state index contributed by atoms with van der Waals surface area (Å²) in [4.78, 5) is 0. The fourth-order valence-electron chi connectivity index (χ4n) is 1.05. The second-order valence-corrected chi connectivity index (χ2v) is 3.11. The number of nitrogens with two attached hydrogens (primary N) is 1. The first-order valence-corrected chi connectivity index (χ1v) is 4.41. The zero-order valence-electron chi connectivity index (χ0n) is 8.65. The molecule has 0 saturated heterocycles. The molecule has 0 radical (unpaired) electrons. The molecular weight excluding hydrogens is 259 g/mol. The Morgan fingerprint density at radius 1 is 1.28 bits per heavy atom. The molecule has 0 bridgehead atoms. The maximum absolute atomic E-state index is 13.2. The Labute approximate surface area is 97.8 Å². The van der Waals surface area contributed by atoms with E-state index in [-0.39, 0.29) is 0 Å². The lowest BCUT2D eigenvalue weighted by atomic mass is 10.1. The molecule has 0 spiro atoms. The van der Waals surface area contributed by atoms with Crippen molar-refractivity contribution < 1.29 is 22.0 Å². The predicted molar refractivity (Wildman–Crippen MR) is 54.0 cm³/mol. The van der Waals surface area contributed by atoms with Crippen LogP contribution in [0.3, 0.4) is 0 Å². The summed E-state index contributed by atoms with van der Waals surface area (Å²) in [5, 5.41) is 9.93. The van der Waals surface area contributed by atoms with E-state index in [2.05, 4.69) is 5.10 Å². The highest BCUT2D eigenvalue weighted by Gasteiger charge is 2.35. The minimum Gasteiger partial charge on any atom is -0.369 e. The largest absolute Gasteiger partial charge is 0.419 e. The number of rotatable bonds is 2. The molecule has 18 heavy (non-hydrogen) atoms. The van der Waals surface area contributed by atoms with Gasteiger partial charge in [-0.2, -0.15) is 18.3 Å². The van der Waals surface area contributed by atoms with E-state index >= 15 is 0 Å². The van der Waals surface area contributed by atoms with Gasteiger partial charge >= 0.3 is 6.18 Å². The molecule has 1 aromatic carbocycles. The maximum atomic E-state index is 13.2. The molecule has 0 heterocycles. The Bertz CT molecular complexity index is 494. The van der Waals surface area contributed by atoms with E-state index in [9.17, 15) is 22.0 Å². The Morgan fingerprint density at radius 3 is 2.39 bits per heavy atom. The van der Waals surface area contributed by atoms with Gasteiger partial charge in [0.1, 0.15) is 0 Å². The fraction of sp³-hybridized carbons (Fsp3) is 0.111. The van der Waals surface area contributed by atoms with E-state index in [1.54, 1.807) is 0 Å². The summed E-state index contributed by atoms with van der Waals surface area (Å²) in [6.45, 7) is 0. The van der Waals surface area contributed by atoms with Crippen LogP contribution < -0.4 is 11.2 Å². The van der Waals surface area contributed by atoms with Crippen LogP contribution in [-0.2, 0) is 6.18 Å². The smallest absolute Gasteiger partial charge is 0.369 e. The van der Waals surface area contributed by atoms with Gasteiger partial charge in [0.15, 0.2) is 11.6 Å². The first-order chi connectivity index (χ1) is 8.23. The quantitative estimate of drug-likeness (QED) is 0.330. The molecule has 0 unspecified atom stereocenters. The molecule has 1 aromatic rings. The fourth-order valence-corrected chi connectivity index (χ4v) is 1.05. The van der Waals surface area contributed by atoms with Crippen molar-refractivity contribution in [3.63, 3.8) is 0 Å². The Kier molecular flexibility index (Phi) is 3.84. The van der Waals surface area contributed by atoms with Crippen LogP contribution in [-0.4, -0.2) is 12.2 Å². The zero-order valence-corrected chi connectivity index (χ0v) is 8.65. The van der Waals surface area contributed by atoms with Crippen molar-refractivity contribution in [2.75, 3.05) is 0 Å². The van der Waals surface area contributed by atoms with Crippen molar-refractivity contribution in [1.29, 1.82) is 5.41 Å². The van der Waals surface area contributed by atoms with Crippen LogP contribution in [0.1, 0.15) is 11.1 Å². The topological polar surface area (TPSA) is 74.3 Å². The Morgan fingerprint density at radius 2 is 1.89 bits per heavy atom. The van der Waals surface area contributed by atoms with Gasteiger partial charge in [-0.3, -0.25) is 5.41 Å². The number of alkyl halides is 3. The van der Waals surface area contributed by atoms with Crippen LogP contribution in [0.25, 0.3) is 0 Å². The number of hydrazone groups is 1. The van der Waals surface area contributed by atoms with Crippen LogP contribution in [0, 0.1) is 17.0 Å². The van der Waals surface area contributed by atoms with Gasteiger partial charge in [-0.1, -0.05) is 0 Å². The second-order valence-electron chi connectivity index (χ2n) is 3.11. The number of nitrogens with zero attached hydrogens (tertiary/aromatic N) is 1. The molecule has 0 atom stereocenters. The van der Waals surface area contributed by atoms with Gasteiger partial charge < -0.3 is 5.73 Å². The minimum atomic E-state index is -4.97. The van der Waals surface area contributed by atoms with Crippen molar-refractivity contribution in [2.24, 2.45) is 10.8 Å². The van der Waals surface area contributed by atoms with Crippen LogP contribution >= 0.6 is 0 Å². The molecule has 98 valence electrons. The Hall–Kier alpha value is -2.19. The summed E-state index contributed by atoms with van der Waals surface area (Å²) in [6.07, 6.45) is -4.27. The third kappa shape index (κ3) is 3.15. The molecule has 0 amide bonds. The average Bonchev–Trinajstić information content (AvgIpc) is 2.22. The highest BCUT2D eigenvalue weighted by molar-refractivity contribution is 5.82. The van der Waals surface area contributed by atoms with Crippen molar-refractivity contribution >= 4 is 12.2 Å². The molecule has 0 aliphatic rings. The minimum absolute atomic E-state index is 0.396. The molecular formula is C9H7F5N4. The molecule has 4 nitrogen and oxygen atoms in total. The van der Waals surface area contributed by atoms with E-state index in [1.807, 2.05) is 5.43 Å². The predicted octanol–water partition coefficient (Wildman–Crippen LogP) is 1.80. The van der Waals surface area contributed by atoms with E-state index in [0.29, 0.717) is 18.3 Å². The van der Waals surface area contributed by atoms with Crippen molar-refractivity contribution in [3.05, 3.63) is 34.9 Å². The molecule has 1 rings (SSSR count). The van der Waals surface area contributed by atoms with Crippen LogP contribution in [0.2, 0.25) is 0 Å². The molecule has 0 aliphatic heterocycles. The van der Waals surface area contributed by atoms with E-state index in [0.717, 1.165) is 0 Å². The van der Waals surface area contributed by atoms with Gasteiger partial charge in [0.05, 0.1) is 11.8 Å². The summed E-state index contributed by atoms with van der Waals surface area (Å²) in [5.41, 5.74) is 4.55. The third-order valence-electron chi connectivity index (χ3n) is 1.81. The van der Waals surface area contributed by atoms with Gasteiger partial charge in [0.2, 0.25) is 5.96 Å². The summed E-state index contributed by atoms with van der Waals surface area (Å²) >= 11 is 0. The maximum Gasteiger partial charge on any atom is 0.419 e. The summed E-state index contributed by atoms with van der Waals surface area (Å²) in [5.74, 6) is -4.24. The monoisotopic (exact) mass is 266 g/mol. The number of hydrogen-bond donors (Lipinski definition) is 3. The van der Waals surface area contributed by atoms with E-state index in [4.69, 9.17) is 11.1 Å². The van der Waals surface area contributed by atoms with Crippen molar-refractivity contribution in [1.82, 2.24) is 5.43 Å². The van der Waals surface area contributed by atoms with Crippen molar-refractivity contribution in [3.8, 4) is 0 Å². The molecule has 0 aliphatic carbocycles. The third-order valence-corrected chi connectivity index (χ3v) is 1.81. The lowest BCUT2D eigenvalue weighted by Crippen LogP contribution is -2.25. The second kappa shape index (κ2) is 4.98. The number of benzene rings is 1. The van der Waals surface area contributed by atoms with Gasteiger partial charge in [0.25, 0.3) is 0 Å². The highest BCUT2D eigenvalue weighted by Crippen LogP contribution is 2.32. The van der Waals surface area contributed by atoms with Gasteiger partial charge in [-0.05, 0) is 12.1 Å². The van der Waals surface area contributed by atoms with Crippen molar-refractivity contribution in [2.45, 2.75) is 6.18 Å². The SMILES string of the molecule is N=C(N)NN=Cc1ccc(C(F)(F)F)c(F)c1F. The number of guanidine groups is 1. The summed E-state index contributed by atoms with van der Waals surface area (Å²) in [6, 6.07) is 1.11. The lowest BCUT2D eigenvalue weighted by molar-refractivity contribution is -0.140. The number of hydrogen-bond acceptors (Lipinski definition) is 2. The molecule has 9 heteroatoms. The number of nitrogens with one attached hydrogen (secondary N) is 2. The highest BCUT2D eigenvalue weighted by atomic mass is 19.4. The van der Waals surface area contributed by atoms with Crippen LogP contribution in [0.5, 0.6) is 0 Å². The van der Waals surface area contributed by atoms with Gasteiger partial charge in [0, 0.05) is 5.56 Å². The number of halogens is 5. The first-order valence-electron chi connectivity index (χ1n) is 4.41. The normalized spacial score (nSPS) is 11.8. The molecule has 0 saturated carbocycles. The van der Waals surface area contributed by atoms with Crippen LogP contribution in [0.15, 0.2) is 17.2 Å². The zero-order chi connectivity index (χ0) is 13.9.